The summed E-state index contributed by atoms with van der Waals surface area (Å²) in [6.45, 7) is 8.01. The van der Waals surface area contributed by atoms with Crippen molar-refractivity contribution >= 4 is 23.2 Å². The van der Waals surface area contributed by atoms with Crippen LogP contribution in [0.1, 0.15) is 37.5 Å². The first-order chi connectivity index (χ1) is 12.5. The van der Waals surface area contributed by atoms with Gasteiger partial charge < -0.3 is 0 Å². The standard InChI is InChI=1S/C21H21F4NS/c1-14-5-8-16(9-6-14)26-19(11-12-27-20(2,3)4)17-10-7-15(13-18(17)22)21(23,24)25/h5-13H,1-4H3. The third kappa shape index (κ3) is 6.54. The van der Waals surface area contributed by atoms with Crippen LogP contribution in [0.4, 0.5) is 23.2 Å². The van der Waals surface area contributed by atoms with Gasteiger partial charge in [-0.2, -0.15) is 13.2 Å². The average molecular weight is 395 g/mol. The monoisotopic (exact) mass is 395 g/mol. The van der Waals surface area contributed by atoms with Crippen molar-refractivity contribution in [3.8, 4) is 0 Å². The average Bonchev–Trinajstić information content (AvgIpc) is 2.54. The van der Waals surface area contributed by atoms with Crippen LogP contribution in [0, 0.1) is 12.7 Å². The molecule has 0 unspecified atom stereocenters. The molecular formula is C21H21F4NS. The molecule has 0 amide bonds. The summed E-state index contributed by atoms with van der Waals surface area (Å²) >= 11 is 1.52. The predicted molar refractivity (Wildman–Crippen MR) is 105 cm³/mol. The van der Waals surface area contributed by atoms with E-state index in [1.807, 2.05) is 39.8 Å². The van der Waals surface area contributed by atoms with Crippen LogP contribution in [0.5, 0.6) is 0 Å². The minimum atomic E-state index is -4.59. The van der Waals surface area contributed by atoms with Gasteiger partial charge in [0, 0.05) is 10.3 Å². The highest BCUT2D eigenvalue weighted by Crippen LogP contribution is 2.31. The van der Waals surface area contributed by atoms with E-state index in [1.165, 1.54) is 11.8 Å². The Morgan fingerprint density at radius 1 is 1.00 bits per heavy atom. The lowest BCUT2D eigenvalue weighted by Gasteiger charge is -2.14. The molecule has 0 radical (unpaired) electrons. The molecule has 0 aliphatic rings. The highest BCUT2D eigenvalue weighted by Gasteiger charge is 2.31. The summed E-state index contributed by atoms with van der Waals surface area (Å²) < 4.78 is 52.8. The first kappa shape index (κ1) is 21.2. The summed E-state index contributed by atoms with van der Waals surface area (Å²) in [7, 11) is 0. The van der Waals surface area contributed by atoms with E-state index in [0.29, 0.717) is 11.8 Å². The maximum absolute atomic E-state index is 14.4. The molecule has 27 heavy (non-hydrogen) atoms. The van der Waals surface area contributed by atoms with Crippen LogP contribution in [-0.4, -0.2) is 10.5 Å². The lowest BCUT2D eigenvalue weighted by atomic mass is 10.1. The number of nitrogens with zero attached hydrogens (tertiary/aromatic N) is 1. The lowest BCUT2D eigenvalue weighted by Crippen LogP contribution is -2.08. The van der Waals surface area contributed by atoms with E-state index in [0.717, 1.165) is 17.7 Å². The van der Waals surface area contributed by atoms with Crippen molar-refractivity contribution in [2.24, 2.45) is 4.99 Å². The molecule has 0 atom stereocenters. The molecule has 0 aliphatic carbocycles. The van der Waals surface area contributed by atoms with Crippen LogP contribution < -0.4 is 0 Å². The largest absolute Gasteiger partial charge is 0.416 e. The van der Waals surface area contributed by atoms with E-state index < -0.39 is 17.6 Å². The Morgan fingerprint density at radius 2 is 1.63 bits per heavy atom. The summed E-state index contributed by atoms with van der Waals surface area (Å²) in [6.07, 6.45) is -2.97. The minimum absolute atomic E-state index is 0.0225. The maximum Gasteiger partial charge on any atom is 0.416 e. The zero-order valence-corrected chi connectivity index (χ0v) is 16.4. The SMILES string of the molecule is Cc1ccc(N=C(C=CSC(C)(C)C)c2ccc(C(F)(F)F)cc2F)cc1. The number of rotatable bonds is 4. The molecule has 2 aromatic carbocycles. The highest BCUT2D eigenvalue weighted by atomic mass is 32.2. The number of halogens is 4. The molecule has 1 nitrogen and oxygen atoms in total. The van der Waals surface area contributed by atoms with Crippen LogP contribution in [0.2, 0.25) is 0 Å². The Bertz CT molecular complexity index is 844. The molecule has 6 heteroatoms. The summed E-state index contributed by atoms with van der Waals surface area (Å²) in [4.78, 5) is 4.44. The van der Waals surface area contributed by atoms with Crippen LogP contribution in [0.15, 0.2) is 58.9 Å². The fraction of sp³-hybridized carbons (Fsp3) is 0.286. The molecule has 0 spiro atoms. The Labute approximate surface area is 161 Å². The molecule has 0 aliphatic heterocycles. The smallest absolute Gasteiger partial charge is 0.248 e. The van der Waals surface area contributed by atoms with Gasteiger partial charge in [0.05, 0.1) is 17.0 Å². The zero-order valence-electron chi connectivity index (χ0n) is 15.6. The van der Waals surface area contributed by atoms with E-state index in [4.69, 9.17) is 0 Å². The molecule has 0 aromatic heterocycles. The molecule has 0 heterocycles. The van der Waals surface area contributed by atoms with Crippen LogP contribution in [-0.2, 0) is 6.18 Å². The molecule has 2 aromatic rings. The number of allylic oxidation sites excluding steroid dienone is 1. The highest BCUT2D eigenvalue weighted by molar-refractivity contribution is 8.03. The van der Waals surface area contributed by atoms with Crippen molar-refractivity contribution in [1.29, 1.82) is 0 Å². The number of hydrogen-bond donors (Lipinski definition) is 0. The zero-order chi connectivity index (χ0) is 20.2. The molecule has 2 rings (SSSR count). The Balaban J connectivity index is 2.47. The quantitative estimate of drug-likeness (QED) is 0.390. The molecule has 0 N–H and O–H groups in total. The number of benzene rings is 2. The van der Waals surface area contributed by atoms with Crippen molar-refractivity contribution < 1.29 is 17.6 Å². The molecule has 0 saturated heterocycles. The van der Waals surface area contributed by atoms with Gasteiger partial charge in [0.2, 0.25) is 0 Å². The minimum Gasteiger partial charge on any atom is -0.248 e. The van der Waals surface area contributed by atoms with Crippen molar-refractivity contribution in [2.45, 2.75) is 38.6 Å². The number of thioether (sulfide) groups is 1. The van der Waals surface area contributed by atoms with Crippen molar-refractivity contribution in [2.75, 3.05) is 0 Å². The third-order valence-electron chi connectivity index (χ3n) is 3.50. The number of alkyl halides is 3. The van der Waals surface area contributed by atoms with Gasteiger partial charge in [-0.3, -0.25) is 0 Å². The fourth-order valence-corrected chi connectivity index (χ4v) is 2.75. The normalized spacial score (nSPS) is 13.4. The molecule has 144 valence electrons. The number of aliphatic imine (C=N–C) groups is 1. The van der Waals surface area contributed by atoms with Gasteiger partial charge >= 0.3 is 6.18 Å². The van der Waals surface area contributed by atoms with Gasteiger partial charge in [0.1, 0.15) is 5.82 Å². The van der Waals surface area contributed by atoms with E-state index in [-0.39, 0.29) is 16.0 Å². The van der Waals surface area contributed by atoms with Crippen molar-refractivity contribution in [1.82, 2.24) is 0 Å². The summed E-state index contributed by atoms with van der Waals surface area (Å²) in [6, 6.07) is 9.79. The Hall–Kier alpha value is -2.08. The second kappa shape index (κ2) is 8.30. The first-order valence-electron chi connectivity index (χ1n) is 8.32. The molecule has 0 bridgehead atoms. The second-order valence-corrected chi connectivity index (χ2v) is 8.79. The molecular weight excluding hydrogens is 374 g/mol. The molecule has 0 fully saturated rings. The molecule has 0 saturated carbocycles. The Morgan fingerprint density at radius 3 is 2.15 bits per heavy atom. The van der Waals surface area contributed by atoms with Gasteiger partial charge in [-0.1, -0.05) is 38.5 Å². The third-order valence-corrected chi connectivity index (χ3v) is 4.48. The summed E-state index contributed by atoms with van der Waals surface area (Å²) in [5.74, 6) is -0.957. The maximum atomic E-state index is 14.4. The van der Waals surface area contributed by atoms with E-state index in [1.54, 1.807) is 23.6 Å². The van der Waals surface area contributed by atoms with E-state index in [9.17, 15) is 17.6 Å². The second-order valence-electron chi connectivity index (χ2n) is 7.06. The van der Waals surface area contributed by atoms with Crippen LogP contribution in [0.3, 0.4) is 0 Å². The lowest BCUT2D eigenvalue weighted by molar-refractivity contribution is -0.137. The van der Waals surface area contributed by atoms with Gasteiger partial charge in [-0.25, -0.2) is 9.38 Å². The summed E-state index contributed by atoms with van der Waals surface area (Å²) in [5, 5.41) is 1.78. The van der Waals surface area contributed by atoms with Gasteiger partial charge in [0.25, 0.3) is 0 Å². The van der Waals surface area contributed by atoms with Gasteiger partial charge in [0.15, 0.2) is 0 Å². The van der Waals surface area contributed by atoms with Crippen molar-refractivity contribution in [3.63, 3.8) is 0 Å². The number of hydrogen-bond acceptors (Lipinski definition) is 2. The Kier molecular flexibility index (Phi) is 6.52. The van der Waals surface area contributed by atoms with Gasteiger partial charge in [-0.15, -0.1) is 11.8 Å². The summed E-state index contributed by atoms with van der Waals surface area (Å²) in [5.41, 5.74) is 0.915. The van der Waals surface area contributed by atoms with E-state index >= 15 is 0 Å². The fourth-order valence-electron chi connectivity index (χ4n) is 2.15. The van der Waals surface area contributed by atoms with Crippen LogP contribution >= 0.6 is 11.8 Å². The van der Waals surface area contributed by atoms with Crippen LogP contribution in [0.25, 0.3) is 0 Å². The van der Waals surface area contributed by atoms with Crippen molar-refractivity contribution in [3.05, 3.63) is 76.5 Å². The van der Waals surface area contributed by atoms with Gasteiger partial charge in [-0.05, 0) is 48.7 Å². The van der Waals surface area contributed by atoms with E-state index in [2.05, 4.69) is 4.99 Å². The predicted octanol–water partition coefficient (Wildman–Crippen LogP) is 7.32. The first-order valence-corrected chi connectivity index (χ1v) is 9.20. The topological polar surface area (TPSA) is 12.4 Å². The number of aryl methyl sites for hydroxylation is 1.